The van der Waals surface area contributed by atoms with E-state index in [0.717, 1.165) is 5.56 Å². The summed E-state index contributed by atoms with van der Waals surface area (Å²) in [4.78, 5) is 12.0. The smallest absolute Gasteiger partial charge is 0.387 e. The molecule has 1 heterocycles. The maximum atomic E-state index is 12.1. The van der Waals surface area contributed by atoms with Crippen LogP contribution < -0.4 is 19.5 Å². The van der Waals surface area contributed by atoms with Crippen LogP contribution in [0.25, 0.3) is 0 Å². The highest BCUT2D eigenvalue weighted by Crippen LogP contribution is 2.32. The van der Waals surface area contributed by atoms with Gasteiger partial charge in [-0.05, 0) is 48.4 Å². The summed E-state index contributed by atoms with van der Waals surface area (Å²) in [5.74, 6) is 1.16. The third-order valence-corrected chi connectivity index (χ3v) is 3.48. The van der Waals surface area contributed by atoms with Crippen molar-refractivity contribution in [1.29, 1.82) is 0 Å². The number of benzene rings is 2. The minimum absolute atomic E-state index is 0.0157. The molecule has 0 spiro atoms. The Labute approximate surface area is 137 Å². The first-order valence-corrected chi connectivity index (χ1v) is 7.33. The summed E-state index contributed by atoms with van der Waals surface area (Å²) < 4.78 is 38.9. The third kappa shape index (κ3) is 3.92. The highest BCUT2D eigenvalue weighted by atomic mass is 19.3. The van der Waals surface area contributed by atoms with Gasteiger partial charge in [-0.15, -0.1) is 0 Å². The fourth-order valence-electron chi connectivity index (χ4n) is 2.31. The Morgan fingerprint density at radius 3 is 2.62 bits per heavy atom. The van der Waals surface area contributed by atoms with Gasteiger partial charge in [-0.25, -0.2) is 0 Å². The molecule has 24 heavy (non-hydrogen) atoms. The average molecular weight is 335 g/mol. The van der Waals surface area contributed by atoms with E-state index in [4.69, 9.17) is 9.47 Å². The zero-order valence-corrected chi connectivity index (χ0v) is 12.6. The molecule has 5 nitrogen and oxygen atoms in total. The monoisotopic (exact) mass is 335 g/mol. The van der Waals surface area contributed by atoms with Gasteiger partial charge in [0.2, 0.25) is 6.79 Å². The minimum atomic E-state index is -2.88. The highest BCUT2D eigenvalue weighted by Gasteiger charge is 2.13. The summed E-state index contributed by atoms with van der Waals surface area (Å²) in [7, 11) is 0. The summed E-state index contributed by atoms with van der Waals surface area (Å²) in [5, 5.41) is 2.78. The SMILES string of the molecule is O=C(NCCc1ccc2c(c1)OCO2)c1ccc(OC(F)F)cc1. The Bertz CT molecular complexity index is 719. The topological polar surface area (TPSA) is 56.8 Å². The molecule has 2 aromatic rings. The first kappa shape index (κ1) is 16.0. The zero-order chi connectivity index (χ0) is 16.9. The van der Waals surface area contributed by atoms with Crippen molar-refractivity contribution in [2.45, 2.75) is 13.0 Å². The zero-order valence-electron chi connectivity index (χ0n) is 12.6. The second-order valence-corrected chi connectivity index (χ2v) is 5.10. The van der Waals surface area contributed by atoms with Gasteiger partial charge in [0.05, 0.1) is 0 Å². The molecular formula is C17H15F2NO4. The van der Waals surface area contributed by atoms with Crippen molar-refractivity contribution in [1.82, 2.24) is 5.32 Å². The molecule has 1 aliphatic rings. The van der Waals surface area contributed by atoms with Crippen LogP contribution in [0.3, 0.4) is 0 Å². The number of nitrogens with one attached hydrogen (secondary N) is 1. The van der Waals surface area contributed by atoms with Gasteiger partial charge in [0.1, 0.15) is 5.75 Å². The number of hydrogen-bond donors (Lipinski definition) is 1. The molecule has 2 aromatic carbocycles. The summed E-state index contributed by atoms with van der Waals surface area (Å²) >= 11 is 0. The second-order valence-electron chi connectivity index (χ2n) is 5.10. The molecule has 1 aliphatic heterocycles. The van der Waals surface area contributed by atoms with E-state index in [0.29, 0.717) is 30.0 Å². The Morgan fingerprint density at radius 2 is 1.88 bits per heavy atom. The van der Waals surface area contributed by atoms with E-state index in [2.05, 4.69) is 10.1 Å². The fraction of sp³-hybridized carbons (Fsp3) is 0.235. The van der Waals surface area contributed by atoms with E-state index in [1.54, 1.807) is 0 Å². The van der Waals surface area contributed by atoms with Gasteiger partial charge >= 0.3 is 6.61 Å². The molecule has 0 unspecified atom stereocenters. The number of ether oxygens (including phenoxy) is 3. The van der Waals surface area contributed by atoms with E-state index >= 15 is 0 Å². The van der Waals surface area contributed by atoms with Crippen molar-refractivity contribution in [2.24, 2.45) is 0 Å². The van der Waals surface area contributed by atoms with Gasteiger partial charge in [-0.1, -0.05) is 6.07 Å². The molecule has 1 amide bonds. The Kier molecular flexibility index (Phi) is 4.79. The second kappa shape index (κ2) is 7.16. The summed E-state index contributed by atoms with van der Waals surface area (Å²) in [6, 6.07) is 11.2. The molecule has 126 valence electrons. The molecule has 0 aromatic heterocycles. The Balaban J connectivity index is 1.50. The summed E-state index contributed by atoms with van der Waals surface area (Å²) in [6.07, 6.45) is 0.634. The van der Waals surface area contributed by atoms with Crippen LogP contribution in [0.5, 0.6) is 17.2 Å². The predicted molar refractivity (Wildman–Crippen MR) is 81.7 cm³/mol. The Morgan fingerprint density at radius 1 is 1.12 bits per heavy atom. The van der Waals surface area contributed by atoms with Gasteiger partial charge in [0.15, 0.2) is 11.5 Å². The standard InChI is InChI=1S/C17H15F2NO4/c18-17(19)24-13-4-2-12(3-5-13)16(21)20-8-7-11-1-6-14-15(9-11)23-10-22-14/h1-6,9,17H,7-8,10H2,(H,20,21). The van der Waals surface area contributed by atoms with Crippen molar-refractivity contribution in [3.63, 3.8) is 0 Å². The van der Waals surface area contributed by atoms with Crippen LogP contribution in [0, 0.1) is 0 Å². The number of amides is 1. The molecule has 0 fully saturated rings. The lowest BCUT2D eigenvalue weighted by Crippen LogP contribution is -2.25. The molecule has 1 N–H and O–H groups in total. The number of carbonyl (C=O) groups excluding carboxylic acids is 1. The normalized spacial score (nSPS) is 12.3. The van der Waals surface area contributed by atoms with E-state index in [1.807, 2.05) is 18.2 Å². The third-order valence-electron chi connectivity index (χ3n) is 3.48. The van der Waals surface area contributed by atoms with Crippen LogP contribution in [0.4, 0.5) is 8.78 Å². The number of halogens is 2. The largest absolute Gasteiger partial charge is 0.454 e. The van der Waals surface area contributed by atoms with E-state index in [-0.39, 0.29) is 18.4 Å². The van der Waals surface area contributed by atoms with Crippen LogP contribution in [0.2, 0.25) is 0 Å². The van der Waals surface area contributed by atoms with Crippen LogP contribution in [0.1, 0.15) is 15.9 Å². The molecule has 0 radical (unpaired) electrons. The molecule has 0 saturated carbocycles. The van der Waals surface area contributed by atoms with Crippen molar-refractivity contribution >= 4 is 5.91 Å². The lowest BCUT2D eigenvalue weighted by molar-refractivity contribution is -0.0498. The maximum Gasteiger partial charge on any atom is 0.387 e. The molecular weight excluding hydrogens is 320 g/mol. The minimum Gasteiger partial charge on any atom is -0.454 e. The molecule has 0 atom stereocenters. The van der Waals surface area contributed by atoms with Crippen LogP contribution >= 0.6 is 0 Å². The summed E-state index contributed by atoms with van der Waals surface area (Å²) in [5.41, 5.74) is 1.39. The first-order valence-electron chi connectivity index (χ1n) is 7.33. The van der Waals surface area contributed by atoms with Gasteiger partial charge in [0, 0.05) is 12.1 Å². The number of alkyl halides is 2. The van der Waals surface area contributed by atoms with Crippen molar-refractivity contribution < 1.29 is 27.8 Å². The molecule has 3 rings (SSSR count). The van der Waals surface area contributed by atoms with Crippen molar-refractivity contribution in [3.8, 4) is 17.2 Å². The number of carbonyl (C=O) groups is 1. The first-order chi connectivity index (χ1) is 11.6. The molecule has 0 aliphatic carbocycles. The van der Waals surface area contributed by atoms with Crippen LogP contribution in [0.15, 0.2) is 42.5 Å². The average Bonchev–Trinajstić information content (AvgIpc) is 3.02. The molecule has 7 heteroatoms. The van der Waals surface area contributed by atoms with Gasteiger partial charge in [-0.2, -0.15) is 8.78 Å². The lowest BCUT2D eigenvalue weighted by atomic mass is 10.1. The number of fused-ring (bicyclic) bond motifs is 1. The van der Waals surface area contributed by atoms with Gasteiger partial charge in [0.25, 0.3) is 5.91 Å². The molecule has 0 bridgehead atoms. The van der Waals surface area contributed by atoms with Gasteiger partial charge < -0.3 is 19.5 Å². The Hall–Kier alpha value is -2.83. The maximum absolute atomic E-state index is 12.1. The van der Waals surface area contributed by atoms with Crippen LogP contribution in [-0.4, -0.2) is 25.9 Å². The van der Waals surface area contributed by atoms with Crippen molar-refractivity contribution in [2.75, 3.05) is 13.3 Å². The number of rotatable bonds is 6. The van der Waals surface area contributed by atoms with Crippen molar-refractivity contribution in [3.05, 3.63) is 53.6 Å². The van der Waals surface area contributed by atoms with Crippen LogP contribution in [-0.2, 0) is 6.42 Å². The predicted octanol–water partition coefficient (Wildman–Crippen LogP) is 2.99. The number of hydrogen-bond acceptors (Lipinski definition) is 4. The van der Waals surface area contributed by atoms with E-state index in [9.17, 15) is 13.6 Å². The lowest BCUT2D eigenvalue weighted by Gasteiger charge is -2.08. The fourth-order valence-corrected chi connectivity index (χ4v) is 2.31. The van der Waals surface area contributed by atoms with E-state index in [1.165, 1.54) is 24.3 Å². The van der Waals surface area contributed by atoms with E-state index < -0.39 is 6.61 Å². The highest BCUT2D eigenvalue weighted by molar-refractivity contribution is 5.94. The molecule has 0 saturated heterocycles. The van der Waals surface area contributed by atoms with Gasteiger partial charge in [-0.3, -0.25) is 4.79 Å². The summed E-state index contributed by atoms with van der Waals surface area (Å²) in [6.45, 7) is -2.22. The quantitative estimate of drug-likeness (QED) is 0.882.